The van der Waals surface area contributed by atoms with Crippen LogP contribution < -0.4 is 5.73 Å². The molecule has 2 aromatic heterocycles. The van der Waals surface area contributed by atoms with Gasteiger partial charge in [-0.3, -0.25) is 4.40 Å². The molecule has 3 rings (SSSR count). The van der Waals surface area contributed by atoms with Crippen molar-refractivity contribution < 1.29 is 0 Å². The van der Waals surface area contributed by atoms with Gasteiger partial charge in [0.15, 0.2) is 5.82 Å². The monoisotopic (exact) mass is 289 g/mol. The molecule has 1 aromatic carbocycles. The van der Waals surface area contributed by atoms with Crippen LogP contribution in [0.3, 0.4) is 0 Å². The van der Waals surface area contributed by atoms with E-state index in [-0.39, 0.29) is 0 Å². The molecule has 6 heteroatoms. The van der Waals surface area contributed by atoms with E-state index in [0.717, 1.165) is 15.9 Å². The zero-order valence-electron chi connectivity index (χ0n) is 8.71. The van der Waals surface area contributed by atoms with Crippen molar-refractivity contribution in [1.29, 1.82) is 0 Å². The molecule has 0 unspecified atom stereocenters. The molecule has 0 atom stereocenters. The minimum absolute atomic E-state index is 0.579. The Morgan fingerprint density at radius 1 is 1.24 bits per heavy atom. The highest BCUT2D eigenvalue weighted by molar-refractivity contribution is 9.10. The smallest absolute Gasteiger partial charge is 0.255 e. The van der Waals surface area contributed by atoms with Crippen LogP contribution in [0.25, 0.3) is 17.2 Å². The summed E-state index contributed by atoms with van der Waals surface area (Å²) in [7, 11) is 0. The second-order valence-corrected chi connectivity index (χ2v) is 4.40. The highest BCUT2D eigenvalue weighted by Crippen LogP contribution is 2.26. The summed E-state index contributed by atoms with van der Waals surface area (Å²) in [5, 5.41) is 8.13. The molecule has 3 aromatic rings. The van der Waals surface area contributed by atoms with Gasteiger partial charge in [0.05, 0.1) is 0 Å². The van der Waals surface area contributed by atoms with Gasteiger partial charge in [-0.25, -0.2) is 4.98 Å². The maximum absolute atomic E-state index is 5.75. The van der Waals surface area contributed by atoms with Gasteiger partial charge in [-0.15, -0.1) is 10.2 Å². The third-order valence-corrected chi connectivity index (χ3v) is 3.13. The Kier molecular flexibility index (Phi) is 2.29. The van der Waals surface area contributed by atoms with Crippen LogP contribution in [-0.2, 0) is 0 Å². The molecule has 0 bridgehead atoms. The fraction of sp³-hybridized carbons (Fsp3) is 0. The molecule has 0 aliphatic rings. The van der Waals surface area contributed by atoms with Crippen molar-refractivity contribution in [3.63, 3.8) is 0 Å². The predicted octanol–water partition coefficient (Wildman–Crippen LogP) is 2.14. The Morgan fingerprint density at radius 3 is 2.94 bits per heavy atom. The Labute approximate surface area is 105 Å². The number of aromatic nitrogens is 4. The van der Waals surface area contributed by atoms with E-state index in [4.69, 9.17) is 5.73 Å². The fourth-order valence-corrected chi connectivity index (χ4v) is 1.98. The summed E-state index contributed by atoms with van der Waals surface area (Å²) in [4.78, 5) is 4.12. The van der Waals surface area contributed by atoms with Crippen LogP contribution in [0.1, 0.15) is 0 Å². The zero-order valence-corrected chi connectivity index (χ0v) is 10.3. The Balaban J connectivity index is 2.24. The molecule has 84 valence electrons. The summed E-state index contributed by atoms with van der Waals surface area (Å²) in [5.74, 6) is 1.32. The van der Waals surface area contributed by atoms with Crippen molar-refractivity contribution in [1.82, 2.24) is 19.6 Å². The average molecular weight is 290 g/mol. The summed E-state index contributed by atoms with van der Waals surface area (Å²) in [5.41, 5.74) is 7.38. The highest BCUT2D eigenvalue weighted by Gasteiger charge is 2.09. The van der Waals surface area contributed by atoms with Gasteiger partial charge < -0.3 is 5.73 Å². The summed E-state index contributed by atoms with van der Waals surface area (Å²) in [6.45, 7) is 0. The number of nitrogens with two attached hydrogens (primary N) is 1. The van der Waals surface area contributed by atoms with Crippen LogP contribution in [0.5, 0.6) is 0 Å². The van der Waals surface area contributed by atoms with Crippen molar-refractivity contribution in [3.05, 3.63) is 41.1 Å². The Bertz CT molecular complexity index is 691. The third kappa shape index (κ3) is 1.66. The van der Waals surface area contributed by atoms with E-state index in [1.54, 1.807) is 6.20 Å². The third-order valence-electron chi connectivity index (χ3n) is 2.45. The molecule has 0 spiro atoms. The largest absolute Gasteiger partial charge is 0.398 e. The van der Waals surface area contributed by atoms with Crippen molar-refractivity contribution in [3.8, 4) is 11.4 Å². The molecule has 0 saturated heterocycles. The molecule has 0 saturated carbocycles. The van der Waals surface area contributed by atoms with Gasteiger partial charge in [0.25, 0.3) is 5.78 Å². The fourth-order valence-electron chi connectivity index (χ4n) is 1.61. The standard InChI is InChI=1S/C11H8BrN5/c12-8-6-7(2-3-9(8)13)10-15-16-11-14-4-1-5-17(10)11/h1-6H,13H2. The van der Waals surface area contributed by atoms with Crippen LogP contribution in [0.4, 0.5) is 5.69 Å². The maximum Gasteiger partial charge on any atom is 0.255 e. The highest BCUT2D eigenvalue weighted by atomic mass is 79.9. The molecule has 0 aliphatic carbocycles. The molecular weight excluding hydrogens is 282 g/mol. The first kappa shape index (κ1) is 10.2. The van der Waals surface area contributed by atoms with Crippen molar-refractivity contribution in [2.75, 3.05) is 5.73 Å². The first-order valence-corrected chi connectivity index (χ1v) is 5.76. The van der Waals surface area contributed by atoms with Crippen LogP contribution in [-0.4, -0.2) is 19.6 Å². The lowest BCUT2D eigenvalue weighted by Crippen LogP contribution is -1.92. The molecule has 5 nitrogen and oxygen atoms in total. The zero-order chi connectivity index (χ0) is 11.8. The lowest BCUT2D eigenvalue weighted by Gasteiger charge is -2.02. The number of nitrogen functional groups attached to an aromatic ring is 1. The van der Waals surface area contributed by atoms with Gasteiger partial charge in [-0.1, -0.05) is 0 Å². The number of rotatable bonds is 1. The van der Waals surface area contributed by atoms with E-state index in [0.29, 0.717) is 11.5 Å². The quantitative estimate of drug-likeness (QED) is 0.697. The van der Waals surface area contributed by atoms with Crippen molar-refractivity contribution >= 4 is 27.4 Å². The molecule has 17 heavy (non-hydrogen) atoms. The topological polar surface area (TPSA) is 69.1 Å². The molecule has 0 fully saturated rings. The van der Waals surface area contributed by atoms with E-state index in [1.165, 1.54) is 0 Å². The predicted molar refractivity (Wildman–Crippen MR) is 68.3 cm³/mol. The lowest BCUT2D eigenvalue weighted by atomic mass is 10.2. The van der Waals surface area contributed by atoms with Crippen LogP contribution in [0.15, 0.2) is 41.1 Å². The molecule has 0 aliphatic heterocycles. The number of nitrogens with zero attached hydrogens (tertiary/aromatic N) is 4. The van der Waals surface area contributed by atoms with E-state index in [1.807, 2.05) is 34.9 Å². The SMILES string of the molecule is Nc1ccc(-c2nnc3ncccn23)cc1Br. The van der Waals surface area contributed by atoms with Gasteiger partial charge in [-0.2, -0.15) is 0 Å². The number of hydrogen-bond acceptors (Lipinski definition) is 4. The van der Waals surface area contributed by atoms with E-state index in [9.17, 15) is 0 Å². The average Bonchev–Trinajstić information content (AvgIpc) is 2.76. The van der Waals surface area contributed by atoms with Crippen LogP contribution >= 0.6 is 15.9 Å². The minimum atomic E-state index is 0.579. The lowest BCUT2D eigenvalue weighted by molar-refractivity contribution is 1.10. The second-order valence-electron chi connectivity index (χ2n) is 3.55. The van der Waals surface area contributed by atoms with Crippen molar-refractivity contribution in [2.24, 2.45) is 0 Å². The number of hydrogen-bond donors (Lipinski definition) is 1. The Morgan fingerprint density at radius 2 is 2.12 bits per heavy atom. The van der Waals surface area contributed by atoms with E-state index >= 15 is 0 Å². The van der Waals surface area contributed by atoms with Crippen molar-refractivity contribution in [2.45, 2.75) is 0 Å². The van der Waals surface area contributed by atoms with Gasteiger partial charge >= 0.3 is 0 Å². The van der Waals surface area contributed by atoms with Gasteiger partial charge in [0, 0.05) is 28.1 Å². The molecule has 0 radical (unpaired) electrons. The molecule has 2 N–H and O–H groups in total. The first-order valence-electron chi connectivity index (χ1n) is 4.97. The summed E-state index contributed by atoms with van der Waals surface area (Å²) >= 11 is 3.40. The number of fused-ring (bicyclic) bond motifs is 1. The Hall–Kier alpha value is -1.95. The minimum Gasteiger partial charge on any atom is -0.398 e. The van der Waals surface area contributed by atoms with E-state index < -0.39 is 0 Å². The summed E-state index contributed by atoms with van der Waals surface area (Å²) < 4.78 is 2.67. The summed E-state index contributed by atoms with van der Waals surface area (Å²) in [6, 6.07) is 7.49. The van der Waals surface area contributed by atoms with Crippen LogP contribution in [0.2, 0.25) is 0 Å². The molecule has 0 amide bonds. The number of halogens is 1. The van der Waals surface area contributed by atoms with Gasteiger partial charge in [-0.05, 0) is 40.2 Å². The van der Waals surface area contributed by atoms with Gasteiger partial charge in [0.1, 0.15) is 0 Å². The molecular formula is C11H8BrN5. The number of anilines is 1. The number of benzene rings is 1. The first-order chi connectivity index (χ1) is 8.25. The maximum atomic E-state index is 5.75. The van der Waals surface area contributed by atoms with Gasteiger partial charge in [0.2, 0.25) is 0 Å². The summed E-state index contributed by atoms with van der Waals surface area (Å²) in [6.07, 6.45) is 3.56. The molecule has 2 heterocycles. The van der Waals surface area contributed by atoms with Crippen LogP contribution in [0, 0.1) is 0 Å². The normalized spacial score (nSPS) is 10.9. The second kappa shape index (κ2) is 3.81. The van der Waals surface area contributed by atoms with E-state index in [2.05, 4.69) is 31.1 Å².